The molecule has 1 atom stereocenters. The minimum Gasteiger partial charge on any atom is -0.497 e. The van der Waals surface area contributed by atoms with Crippen molar-refractivity contribution in [3.05, 3.63) is 54.3 Å². The van der Waals surface area contributed by atoms with Crippen LogP contribution < -0.4 is 10.1 Å². The Morgan fingerprint density at radius 1 is 1.07 bits per heavy atom. The molecule has 0 aliphatic carbocycles. The number of benzene rings is 2. The first-order chi connectivity index (χ1) is 13.8. The van der Waals surface area contributed by atoms with Crippen LogP contribution in [0.3, 0.4) is 0 Å². The third-order valence-electron chi connectivity index (χ3n) is 5.01. The fourth-order valence-corrected chi connectivity index (χ4v) is 4.70. The van der Waals surface area contributed by atoms with Gasteiger partial charge in [-0.3, -0.25) is 9.69 Å². The topological polar surface area (TPSA) is 79.0 Å². The van der Waals surface area contributed by atoms with Crippen molar-refractivity contribution in [2.45, 2.75) is 17.9 Å². The lowest BCUT2D eigenvalue weighted by molar-refractivity contribution is -0.121. The Bertz CT molecular complexity index is 958. The molecule has 29 heavy (non-hydrogen) atoms. The van der Waals surface area contributed by atoms with Gasteiger partial charge in [0, 0.05) is 31.9 Å². The Kier molecular flexibility index (Phi) is 6.51. The molecule has 0 unspecified atom stereocenters. The standard InChI is InChI=1S/C20H24FN3O4S/c1-15(20(25)22-16-7-9-17(28-2)10-8-16)23-11-13-24(14-12-23)29(26,27)19-6-4-3-5-18(19)21/h3-10,15H,11-14H2,1-2H3,(H,22,25)/t15-/m1/s1. The Hall–Kier alpha value is -2.49. The van der Waals surface area contributed by atoms with Gasteiger partial charge in [0.15, 0.2) is 0 Å². The second-order valence-electron chi connectivity index (χ2n) is 6.76. The van der Waals surface area contributed by atoms with E-state index >= 15 is 0 Å². The molecule has 0 radical (unpaired) electrons. The lowest BCUT2D eigenvalue weighted by atomic mass is 10.2. The van der Waals surface area contributed by atoms with Gasteiger partial charge in [0.05, 0.1) is 13.2 Å². The van der Waals surface area contributed by atoms with Crippen LogP contribution in [0, 0.1) is 5.82 Å². The minimum atomic E-state index is -3.90. The van der Waals surface area contributed by atoms with E-state index in [1.807, 2.05) is 4.90 Å². The Morgan fingerprint density at radius 2 is 1.69 bits per heavy atom. The third-order valence-corrected chi connectivity index (χ3v) is 6.94. The highest BCUT2D eigenvalue weighted by Crippen LogP contribution is 2.21. The maximum atomic E-state index is 13.9. The molecule has 0 aromatic heterocycles. The normalized spacial score (nSPS) is 16.9. The highest BCUT2D eigenvalue weighted by molar-refractivity contribution is 7.89. The van der Waals surface area contributed by atoms with Gasteiger partial charge in [0.2, 0.25) is 15.9 Å². The van der Waals surface area contributed by atoms with Crippen molar-refractivity contribution in [1.29, 1.82) is 0 Å². The average molecular weight is 421 g/mol. The lowest BCUT2D eigenvalue weighted by Crippen LogP contribution is -2.54. The van der Waals surface area contributed by atoms with E-state index < -0.39 is 21.9 Å². The number of methoxy groups -OCH3 is 1. The SMILES string of the molecule is COc1ccc(NC(=O)[C@@H](C)N2CCN(S(=O)(=O)c3ccccc3F)CC2)cc1. The molecular weight excluding hydrogens is 397 g/mol. The quantitative estimate of drug-likeness (QED) is 0.773. The van der Waals surface area contributed by atoms with Gasteiger partial charge >= 0.3 is 0 Å². The molecule has 2 aromatic rings. The zero-order valence-electron chi connectivity index (χ0n) is 16.3. The number of rotatable bonds is 6. The molecule has 0 bridgehead atoms. The highest BCUT2D eigenvalue weighted by Gasteiger charge is 2.33. The minimum absolute atomic E-state index is 0.180. The predicted octanol–water partition coefficient (Wildman–Crippen LogP) is 2.17. The molecule has 1 amide bonds. The number of anilines is 1. The van der Waals surface area contributed by atoms with E-state index in [4.69, 9.17) is 4.74 Å². The summed E-state index contributed by atoms with van der Waals surface area (Å²) in [7, 11) is -2.33. The van der Waals surface area contributed by atoms with Crippen molar-refractivity contribution in [1.82, 2.24) is 9.21 Å². The van der Waals surface area contributed by atoms with Crippen molar-refractivity contribution in [3.8, 4) is 5.75 Å². The molecule has 7 nitrogen and oxygen atoms in total. The van der Waals surface area contributed by atoms with Crippen LogP contribution in [-0.4, -0.2) is 62.9 Å². The summed E-state index contributed by atoms with van der Waals surface area (Å²) in [6.45, 7) is 2.92. The molecule has 1 heterocycles. The van der Waals surface area contributed by atoms with Gasteiger partial charge in [-0.15, -0.1) is 0 Å². The van der Waals surface area contributed by atoms with Crippen LogP contribution in [0.15, 0.2) is 53.4 Å². The smallest absolute Gasteiger partial charge is 0.246 e. The molecule has 156 valence electrons. The third kappa shape index (κ3) is 4.75. The molecule has 3 rings (SSSR count). The molecule has 0 saturated carbocycles. The van der Waals surface area contributed by atoms with Crippen LogP contribution in [0.2, 0.25) is 0 Å². The fourth-order valence-electron chi connectivity index (χ4n) is 3.21. The van der Waals surface area contributed by atoms with Crippen molar-refractivity contribution < 1.29 is 22.3 Å². The zero-order chi connectivity index (χ0) is 21.0. The van der Waals surface area contributed by atoms with Crippen LogP contribution in [0.5, 0.6) is 5.75 Å². The monoisotopic (exact) mass is 421 g/mol. The number of halogens is 1. The molecule has 1 fully saturated rings. The van der Waals surface area contributed by atoms with Crippen LogP contribution in [0.25, 0.3) is 0 Å². The molecule has 1 saturated heterocycles. The Labute approximate surface area is 170 Å². The number of hydrogen-bond acceptors (Lipinski definition) is 5. The molecule has 9 heteroatoms. The van der Waals surface area contributed by atoms with Crippen LogP contribution in [-0.2, 0) is 14.8 Å². The van der Waals surface area contributed by atoms with Gasteiger partial charge < -0.3 is 10.1 Å². The van der Waals surface area contributed by atoms with Crippen molar-refractivity contribution in [2.24, 2.45) is 0 Å². The van der Waals surface area contributed by atoms with E-state index in [0.717, 1.165) is 6.07 Å². The van der Waals surface area contributed by atoms with Gasteiger partial charge in [-0.05, 0) is 43.3 Å². The summed E-state index contributed by atoms with van der Waals surface area (Å²) >= 11 is 0. The van der Waals surface area contributed by atoms with Crippen LogP contribution in [0.4, 0.5) is 10.1 Å². The highest BCUT2D eigenvalue weighted by atomic mass is 32.2. The van der Waals surface area contributed by atoms with Crippen molar-refractivity contribution in [3.63, 3.8) is 0 Å². The Morgan fingerprint density at radius 3 is 2.28 bits per heavy atom. The first kappa shape index (κ1) is 21.2. The summed E-state index contributed by atoms with van der Waals surface area (Å²) in [4.78, 5) is 14.1. The van der Waals surface area contributed by atoms with Crippen molar-refractivity contribution >= 4 is 21.6 Å². The Balaban J connectivity index is 1.59. The van der Waals surface area contributed by atoms with E-state index in [1.165, 1.54) is 22.5 Å². The summed E-state index contributed by atoms with van der Waals surface area (Å²) in [5.74, 6) is -0.244. The molecule has 1 aliphatic heterocycles. The summed E-state index contributed by atoms with van der Waals surface area (Å²) in [6.07, 6.45) is 0. The van der Waals surface area contributed by atoms with Crippen LogP contribution >= 0.6 is 0 Å². The van der Waals surface area contributed by atoms with Gasteiger partial charge in [0.1, 0.15) is 16.5 Å². The molecular formula is C20H24FN3O4S. The van der Waals surface area contributed by atoms with E-state index in [-0.39, 0.29) is 23.9 Å². The summed E-state index contributed by atoms with van der Waals surface area (Å²) < 4.78 is 45.7. The molecule has 1 N–H and O–H groups in total. The number of carbonyl (C=O) groups excluding carboxylic acids is 1. The number of nitrogens with zero attached hydrogens (tertiary/aromatic N) is 2. The van der Waals surface area contributed by atoms with E-state index in [2.05, 4.69) is 5.32 Å². The molecule has 2 aromatic carbocycles. The zero-order valence-corrected chi connectivity index (χ0v) is 17.2. The summed E-state index contributed by atoms with van der Waals surface area (Å²) in [5.41, 5.74) is 0.656. The average Bonchev–Trinajstić information content (AvgIpc) is 2.74. The lowest BCUT2D eigenvalue weighted by Gasteiger charge is -2.36. The van der Waals surface area contributed by atoms with Gasteiger partial charge in [0.25, 0.3) is 0 Å². The van der Waals surface area contributed by atoms with E-state index in [9.17, 15) is 17.6 Å². The predicted molar refractivity (Wildman–Crippen MR) is 108 cm³/mol. The number of piperazine rings is 1. The number of amides is 1. The number of sulfonamides is 1. The first-order valence-electron chi connectivity index (χ1n) is 9.26. The summed E-state index contributed by atoms with van der Waals surface area (Å²) in [5, 5.41) is 2.85. The largest absolute Gasteiger partial charge is 0.497 e. The van der Waals surface area contributed by atoms with E-state index in [0.29, 0.717) is 24.5 Å². The van der Waals surface area contributed by atoms with Crippen LogP contribution in [0.1, 0.15) is 6.92 Å². The summed E-state index contributed by atoms with van der Waals surface area (Å²) in [6, 6.07) is 11.9. The number of carbonyl (C=O) groups is 1. The number of ether oxygens (including phenoxy) is 1. The first-order valence-corrected chi connectivity index (χ1v) is 10.7. The second-order valence-corrected chi connectivity index (χ2v) is 8.67. The maximum absolute atomic E-state index is 13.9. The van der Waals surface area contributed by atoms with E-state index in [1.54, 1.807) is 38.3 Å². The number of hydrogen-bond donors (Lipinski definition) is 1. The number of nitrogens with one attached hydrogen (secondary N) is 1. The molecule has 0 spiro atoms. The van der Waals surface area contributed by atoms with Gasteiger partial charge in [-0.2, -0.15) is 4.31 Å². The van der Waals surface area contributed by atoms with Gasteiger partial charge in [-0.1, -0.05) is 12.1 Å². The van der Waals surface area contributed by atoms with Gasteiger partial charge in [-0.25, -0.2) is 12.8 Å². The maximum Gasteiger partial charge on any atom is 0.246 e. The fraction of sp³-hybridized carbons (Fsp3) is 0.350. The molecule has 1 aliphatic rings. The van der Waals surface area contributed by atoms with Crippen molar-refractivity contribution in [2.75, 3.05) is 38.6 Å². The second kappa shape index (κ2) is 8.89.